The van der Waals surface area contributed by atoms with Gasteiger partial charge in [0.1, 0.15) is 16.7 Å². The van der Waals surface area contributed by atoms with Gasteiger partial charge in [-0.3, -0.25) is 0 Å². The van der Waals surface area contributed by atoms with E-state index in [0.29, 0.717) is 27.3 Å². The van der Waals surface area contributed by atoms with Gasteiger partial charge < -0.3 is 13.7 Å². The van der Waals surface area contributed by atoms with Crippen LogP contribution in [0.25, 0.3) is 33.5 Å². The summed E-state index contributed by atoms with van der Waals surface area (Å²) in [5.74, 6) is 0.228. The first-order chi connectivity index (χ1) is 12.6. The monoisotopic (exact) mass is 368 g/mol. The molecule has 0 aliphatic heterocycles. The van der Waals surface area contributed by atoms with Crippen LogP contribution in [0.15, 0.2) is 56.1 Å². The number of fused-ring (bicyclic) bond motifs is 2. The lowest BCUT2D eigenvalue weighted by Gasteiger charge is -2.20. The molecule has 0 spiro atoms. The molecule has 5 nitrogen and oxygen atoms in total. The second-order valence-corrected chi connectivity index (χ2v) is 6.41. The normalized spacial score (nSPS) is 11.3. The Labute approximate surface area is 154 Å². The Hall–Kier alpha value is -2.79. The number of hydrogen-bond acceptors (Lipinski definition) is 5. The largest absolute Gasteiger partial charge is 0.436 e. The Bertz CT molecular complexity index is 1160. The fourth-order valence-corrected chi connectivity index (χ4v) is 3.22. The molecule has 0 amide bonds. The minimum atomic E-state index is -0.480. The standard InChI is InChI=1S/C20H17ClN2O3/c1-3-23(4-2)14-7-5-12-9-15(20(24)26-18(12)11-14)19-22-16-10-13(21)6-8-17(16)25-19/h5-11H,3-4H2,1-2H3. The summed E-state index contributed by atoms with van der Waals surface area (Å²) in [6.07, 6.45) is 0. The summed E-state index contributed by atoms with van der Waals surface area (Å²) in [5, 5.41) is 1.38. The Balaban J connectivity index is 1.84. The summed E-state index contributed by atoms with van der Waals surface area (Å²) in [7, 11) is 0. The van der Waals surface area contributed by atoms with Crippen LogP contribution < -0.4 is 10.5 Å². The van der Waals surface area contributed by atoms with Gasteiger partial charge in [-0.05, 0) is 50.2 Å². The van der Waals surface area contributed by atoms with Gasteiger partial charge in [-0.1, -0.05) is 11.6 Å². The van der Waals surface area contributed by atoms with Crippen LogP contribution >= 0.6 is 11.6 Å². The van der Waals surface area contributed by atoms with E-state index in [4.69, 9.17) is 20.4 Å². The zero-order valence-corrected chi connectivity index (χ0v) is 15.2. The van der Waals surface area contributed by atoms with Crippen LogP contribution in [0.5, 0.6) is 0 Å². The molecule has 0 unspecified atom stereocenters. The van der Waals surface area contributed by atoms with Crippen LogP contribution in [0.1, 0.15) is 13.8 Å². The Morgan fingerprint density at radius 2 is 1.81 bits per heavy atom. The number of rotatable bonds is 4. The van der Waals surface area contributed by atoms with E-state index in [9.17, 15) is 4.79 Å². The average Bonchev–Trinajstić information content (AvgIpc) is 3.05. The van der Waals surface area contributed by atoms with Crippen molar-refractivity contribution < 1.29 is 8.83 Å². The van der Waals surface area contributed by atoms with E-state index in [2.05, 4.69) is 23.7 Å². The highest BCUT2D eigenvalue weighted by molar-refractivity contribution is 6.31. The molecule has 0 aliphatic rings. The molecule has 2 aromatic heterocycles. The first-order valence-electron chi connectivity index (χ1n) is 8.48. The number of aromatic nitrogens is 1. The third-order valence-electron chi connectivity index (χ3n) is 4.43. The zero-order valence-electron chi connectivity index (χ0n) is 14.5. The first-order valence-corrected chi connectivity index (χ1v) is 8.86. The van der Waals surface area contributed by atoms with E-state index in [0.717, 1.165) is 24.2 Å². The molecule has 0 saturated heterocycles. The first kappa shape index (κ1) is 16.7. The predicted molar refractivity (Wildman–Crippen MR) is 104 cm³/mol. The second kappa shape index (κ2) is 6.50. The maximum Gasteiger partial charge on any atom is 0.349 e. The smallest absolute Gasteiger partial charge is 0.349 e. The van der Waals surface area contributed by atoms with E-state index < -0.39 is 5.63 Å². The number of oxazole rings is 1. The molecule has 0 N–H and O–H groups in total. The maximum atomic E-state index is 12.5. The summed E-state index contributed by atoms with van der Waals surface area (Å²) in [4.78, 5) is 19.0. The molecule has 0 radical (unpaired) electrons. The van der Waals surface area contributed by atoms with Crippen molar-refractivity contribution in [2.75, 3.05) is 18.0 Å². The van der Waals surface area contributed by atoms with Crippen molar-refractivity contribution in [3.63, 3.8) is 0 Å². The molecule has 4 aromatic rings. The molecule has 0 fully saturated rings. The van der Waals surface area contributed by atoms with Crippen LogP contribution in [-0.4, -0.2) is 18.1 Å². The molecule has 0 atom stereocenters. The van der Waals surface area contributed by atoms with Crippen molar-refractivity contribution in [1.82, 2.24) is 4.98 Å². The Kier molecular flexibility index (Phi) is 4.17. The van der Waals surface area contributed by atoms with Crippen LogP contribution in [-0.2, 0) is 0 Å². The highest BCUT2D eigenvalue weighted by Gasteiger charge is 2.15. The van der Waals surface area contributed by atoms with Crippen molar-refractivity contribution in [3.05, 3.63) is 57.9 Å². The SMILES string of the molecule is CCN(CC)c1ccc2cc(-c3nc4cc(Cl)ccc4o3)c(=O)oc2c1. The van der Waals surface area contributed by atoms with Gasteiger partial charge in [0, 0.05) is 35.3 Å². The summed E-state index contributed by atoms with van der Waals surface area (Å²) in [6, 6.07) is 12.7. The maximum absolute atomic E-state index is 12.5. The lowest BCUT2D eigenvalue weighted by Crippen LogP contribution is -2.21. The van der Waals surface area contributed by atoms with E-state index in [-0.39, 0.29) is 5.89 Å². The number of anilines is 1. The van der Waals surface area contributed by atoms with Crippen molar-refractivity contribution in [2.24, 2.45) is 0 Å². The molecule has 132 valence electrons. The fourth-order valence-electron chi connectivity index (χ4n) is 3.05. The third-order valence-corrected chi connectivity index (χ3v) is 4.66. The fraction of sp³-hybridized carbons (Fsp3) is 0.200. The van der Waals surface area contributed by atoms with Gasteiger partial charge in [0.05, 0.1) is 0 Å². The van der Waals surface area contributed by atoms with Crippen LogP contribution in [0.2, 0.25) is 5.02 Å². The molecular formula is C20H17ClN2O3. The average molecular weight is 369 g/mol. The van der Waals surface area contributed by atoms with Crippen LogP contribution in [0.3, 0.4) is 0 Å². The van der Waals surface area contributed by atoms with Gasteiger partial charge in [-0.2, -0.15) is 0 Å². The second-order valence-electron chi connectivity index (χ2n) is 5.97. The Morgan fingerprint density at radius 3 is 2.58 bits per heavy atom. The van der Waals surface area contributed by atoms with Gasteiger partial charge >= 0.3 is 5.63 Å². The lowest BCUT2D eigenvalue weighted by molar-refractivity contribution is 0.553. The van der Waals surface area contributed by atoms with E-state index in [1.165, 1.54) is 0 Å². The summed E-state index contributed by atoms with van der Waals surface area (Å²) < 4.78 is 11.2. The summed E-state index contributed by atoms with van der Waals surface area (Å²) in [5.41, 5.74) is 2.55. The molecule has 26 heavy (non-hydrogen) atoms. The van der Waals surface area contributed by atoms with Gasteiger partial charge in [-0.15, -0.1) is 0 Å². The van der Waals surface area contributed by atoms with Crippen molar-refractivity contribution in [2.45, 2.75) is 13.8 Å². The summed E-state index contributed by atoms with van der Waals surface area (Å²) >= 11 is 5.98. The molecule has 4 rings (SSSR count). The molecule has 6 heteroatoms. The highest BCUT2D eigenvalue weighted by Crippen LogP contribution is 2.28. The number of hydrogen-bond donors (Lipinski definition) is 0. The molecular weight excluding hydrogens is 352 g/mol. The van der Waals surface area contributed by atoms with Crippen molar-refractivity contribution in [1.29, 1.82) is 0 Å². The van der Waals surface area contributed by atoms with E-state index in [1.807, 2.05) is 18.2 Å². The van der Waals surface area contributed by atoms with Gasteiger partial charge in [0.25, 0.3) is 0 Å². The number of halogens is 1. The zero-order chi connectivity index (χ0) is 18.3. The lowest BCUT2D eigenvalue weighted by atomic mass is 10.1. The number of nitrogens with zero attached hydrogens (tertiary/aromatic N) is 2. The quantitative estimate of drug-likeness (QED) is 0.469. The van der Waals surface area contributed by atoms with Crippen molar-refractivity contribution in [3.8, 4) is 11.5 Å². The van der Waals surface area contributed by atoms with Gasteiger partial charge in [-0.25, -0.2) is 9.78 Å². The predicted octanol–water partition coefficient (Wildman–Crippen LogP) is 5.10. The number of benzene rings is 2. The molecule has 0 bridgehead atoms. The third kappa shape index (κ3) is 2.84. The molecule has 0 saturated carbocycles. The van der Waals surface area contributed by atoms with E-state index in [1.54, 1.807) is 24.3 Å². The molecule has 2 heterocycles. The van der Waals surface area contributed by atoms with Crippen LogP contribution in [0.4, 0.5) is 5.69 Å². The summed E-state index contributed by atoms with van der Waals surface area (Å²) in [6.45, 7) is 5.95. The van der Waals surface area contributed by atoms with Crippen molar-refractivity contribution >= 4 is 39.4 Å². The minimum Gasteiger partial charge on any atom is -0.436 e. The van der Waals surface area contributed by atoms with Crippen LogP contribution in [0, 0.1) is 0 Å². The van der Waals surface area contributed by atoms with Gasteiger partial charge in [0.2, 0.25) is 5.89 Å². The van der Waals surface area contributed by atoms with E-state index >= 15 is 0 Å². The molecule has 2 aromatic carbocycles. The van der Waals surface area contributed by atoms with Gasteiger partial charge in [0.15, 0.2) is 5.58 Å². The molecule has 0 aliphatic carbocycles. The highest BCUT2D eigenvalue weighted by atomic mass is 35.5. The Morgan fingerprint density at radius 1 is 1.00 bits per heavy atom. The minimum absolute atomic E-state index is 0.228. The topological polar surface area (TPSA) is 59.5 Å².